The van der Waals surface area contributed by atoms with Crippen molar-refractivity contribution in [2.24, 2.45) is 0 Å². The van der Waals surface area contributed by atoms with Crippen LogP contribution in [0.25, 0.3) is 6.08 Å². The average molecular weight is 496 g/mol. The third-order valence-electron chi connectivity index (χ3n) is 4.67. The Morgan fingerprint density at radius 3 is 2.61 bits per heavy atom. The fourth-order valence-electron chi connectivity index (χ4n) is 2.85. The molecule has 4 nitrogen and oxygen atoms in total. The number of carbonyl (C=O) groups is 1. The van der Waals surface area contributed by atoms with Gasteiger partial charge in [0, 0.05) is 20.7 Å². The molecule has 0 fully saturated rings. The summed E-state index contributed by atoms with van der Waals surface area (Å²) in [4.78, 5) is 12.7. The van der Waals surface area contributed by atoms with E-state index in [1.807, 2.05) is 43.3 Å². The molecule has 3 aromatic carbocycles. The van der Waals surface area contributed by atoms with E-state index in [1.54, 1.807) is 37.3 Å². The number of aryl methyl sites for hydroxylation is 1. The maximum absolute atomic E-state index is 12.7. The molecule has 0 aliphatic carbocycles. The van der Waals surface area contributed by atoms with Crippen LogP contribution in [0.4, 0.5) is 5.69 Å². The Morgan fingerprint density at radius 1 is 1.16 bits per heavy atom. The summed E-state index contributed by atoms with van der Waals surface area (Å²) in [5.74, 6) is 0.0561. The van der Waals surface area contributed by atoms with E-state index in [2.05, 4.69) is 21.2 Å². The number of amides is 1. The zero-order valence-electron chi connectivity index (χ0n) is 17.1. The summed E-state index contributed by atoms with van der Waals surface area (Å²) in [6.45, 7) is 4.21. The molecule has 0 spiro atoms. The Kier molecular flexibility index (Phi) is 7.51. The Hall–Kier alpha value is -3.07. The lowest BCUT2D eigenvalue weighted by molar-refractivity contribution is -0.112. The number of hydrogen-bond acceptors (Lipinski definition) is 3. The number of nitrogens with one attached hydrogen (secondary N) is 1. The molecule has 3 aromatic rings. The van der Waals surface area contributed by atoms with Gasteiger partial charge in [-0.3, -0.25) is 4.79 Å². The van der Waals surface area contributed by atoms with Crippen LogP contribution < -0.4 is 10.1 Å². The van der Waals surface area contributed by atoms with Gasteiger partial charge in [-0.2, -0.15) is 5.26 Å². The molecule has 0 aliphatic rings. The molecule has 0 bridgehead atoms. The zero-order valence-corrected chi connectivity index (χ0v) is 19.4. The van der Waals surface area contributed by atoms with E-state index in [9.17, 15) is 10.1 Å². The lowest BCUT2D eigenvalue weighted by atomic mass is 10.1. The number of benzene rings is 3. The van der Waals surface area contributed by atoms with Crippen LogP contribution in [0, 0.1) is 25.2 Å². The highest BCUT2D eigenvalue weighted by atomic mass is 79.9. The lowest BCUT2D eigenvalue weighted by Crippen LogP contribution is -2.14. The van der Waals surface area contributed by atoms with Crippen LogP contribution >= 0.6 is 27.5 Å². The third-order valence-corrected chi connectivity index (χ3v) is 5.57. The van der Waals surface area contributed by atoms with E-state index in [0.29, 0.717) is 28.6 Å². The number of halogens is 2. The Bertz CT molecular complexity index is 1180. The van der Waals surface area contributed by atoms with Gasteiger partial charge >= 0.3 is 0 Å². The largest absolute Gasteiger partial charge is 0.488 e. The highest BCUT2D eigenvalue weighted by Crippen LogP contribution is 2.27. The average Bonchev–Trinajstić information content (AvgIpc) is 2.75. The highest BCUT2D eigenvalue weighted by Gasteiger charge is 2.14. The fourth-order valence-corrected chi connectivity index (χ4v) is 3.40. The van der Waals surface area contributed by atoms with Crippen LogP contribution in [-0.2, 0) is 11.4 Å². The molecule has 1 amide bonds. The Balaban J connectivity index is 1.84. The number of anilines is 1. The first-order valence-electron chi connectivity index (χ1n) is 9.53. The van der Waals surface area contributed by atoms with E-state index in [4.69, 9.17) is 16.3 Å². The van der Waals surface area contributed by atoms with Crippen molar-refractivity contribution in [1.29, 1.82) is 5.26 Å². The Morgan fingerprint density at radius 2 is 1.90 bits per heavy atom. The van der Waals surface area contributed by atoms with Gasteiger partial charge in [0.05, 0.1) is 0 Å². The number of nitrogens with zero attached hydrogens (tertiary/aromatic N) is 1. The maximum Gasteiger partial charge on any atom is 0.266 e. The van der Waals surface area contributed by atoms with E-state index >= 15 is 0 Å². The van der Waals surface area contributed by atoms with Crippen molar-refractivity contribution in [1.82, 2.24) is 0 Å². The zero-order chi connectivity index (χ0) is 22.4. The summed E-state index contributed by atoms with van der Waals surface area (Å²) in [5.41, 5.74) is 4.07. The van der Waals surface area contributed by atoms with Crippen molar-refractivity contribution in [2.45, 2.75) is 20.5 Å². The molecule has 6 heteroatoms. The van der Waals surface area contributed by atoms with Crippen LogP contribution in [0.5, 0.6) is 5.75 Å². The second-order valence-corrected chi connectivity index (χ2v) is 8.32. The molecule has 0 aromatic heterocycles. The van der Waals surface area contributed by atoms with E-state index in [1.165, 1.54) is 11.6 Å². The molecule has 0 saturated carbocycles. The minimum atomic E-state index is -0.516. The maximum atomic E-state index is 12.7. The summed E-state index contributed by atoms with van der Waals surface area (Å²) in [6.07, 6.45) is 1.52. The van der Waals surface area contributed by atoms with Gasteiger partial charge in [-0.05, 0) is 61.4 Å². The number of nitriles is 1. The first-order valence-corrected chi connectivity index (χ1v) is 10.7. The van der Waals surface area contributed by atoms with Gasteiger partial charge in [0.1, 0.15) is 24.0 Å². The van der Waals surface area contributed by atoms with Crippen molar-refractivity contribution in [3.05, 3.63) is 98.0 Å². The minimum absolute atomic E-state index is 0.0438. The molecule has 0 saturated heterocycles. The molecule has 0 aliphatic heterocycles. The highest BCUT2D eigenvalue weighted by molar-refractivity contribution is 9.10. The standard InChI is InChI=1S/C25H20BrClN2O2/c1-16-6-8-18(9-7-16)15-31-24-11-10-21(26)13-19(24)12-20(14-28)25(30)29-23-5-3-4-22(27)17(23)2/h3-13H,15H2,1-2H3,(H,29,30)/b20-12-. The van der Waals surface area contributed by atoms with Crippen molar-refractivity contribution >= 4 is 45.2 Å². The lowest BCUT2D eigenvalue weighted by Gasteiger charge is -2.12. The van der Waals surface area contributed by atoms with Gasteiger partial charge in [0.15, 0.2) is 0 Å². The summed E-state index contributed by atoms with van der Waals surface area (Å²) in [6, 6.07) is 20.7. The van der Waals surface area contributed by atoms with Gasteiger partial charge in [-0.1, -0.05) is 63.4 Å². The molecule has 1 N–H and O–H groups in total. The molecule has 0 unspecified atom stereocenters. The monoisotopic (exact) mass is 494 g/mol. The van der Waals surface area contributed by atoms with E-state index < -0.39 is 5.91 Å². The minimum Gasteiger partial charge on any atom is -0.488 e. The molecule has 0 heterocycles. The summed E-state index contributed by atoms with van der Waals surface area (Å²) in [7, 11) is 0. The second kappa shape index (κ2) is 10.3. The van der Waals surface area contributed by atoms with Crippen molar-refractivity contribution in [2.75, 3.05) is 5.32 Å². The normalized spacial score (nSPS) is 11.0. The predicted molar refractivity (Wildman–Crippen MR) is 128 cm³/mol. The fraction of sp³-hybridized carbons (Fsp3) is 0.120. The van der Waals surface area contributed by atoms with Gasteiger partial charge in [-0.15, -0.1) is 0 Å². The van der Waals surface area contributed by atoms with Gasteiger partial charge < -0.3 is 10.1 Å². The van der Waals surface area contributed by atoms with Crippen LogP contribution in [-0.4, -0.2) is 5.91 Å². The number of ether oxygens (including phenoxy) is 1. The van der Waals surface area contributed by atoms with Gasteiger partial charge in [0.25, 0.3) is 5.91 Å². The first-order chi connectivity index (χ1) is 14.9. The molecular weight excluding hydrogens is 476 g/mol. The molecule has 3 rings (SSSR count). The summed E-state index contributed by atoms with van der Waals surface area (Å²) in [5, 5.41) is 12.9. The molecular formula is C25H20BrClN2O2. The first kappa shape index (κ1) is 22.6. The topological polar surface area (TPSA) is 62.1 Å². The Labute approximate surface area is 195 Å². The number of rotatable bonds is 6. The number of carbonyl (C=O) groups excluding carboxylic acids is 1. The number of hydrogen-bond donors (Lipinski definition) is 1. The molecule has 0 atom stereocenters. The van der Waals surface area contributed by atoms with Crippen LogP contribution in [0.1, 0.15) is 22.3 Å². The quantitative estimate of drug-likeness (QED) is 0.301. The van der Waals surface area contributed by atoms with E-state index in [-0.39, 0.29) is 5.57 Å². The SMILES string of the molecule is Cc1ccc(COc2ccc(Br)cc2/C=C(/C#N)C(=O)Nc2cccc(Cl)c2C)cc1. The summed E-state index contributed by atoms with van der Waals surface area (Å²) >= 11 is 9.56. The van der Waals surface area contributed by atoms with Crippen LogP contribution in [0.15, 0.2) is 70.7 Å². The van der Waals surface area contributed by atoms with Crippen LogP contribution in [0.3, 0.4) is 0 Å². The third kappa shape index (κ3) is 5.97. The van der Waals surface area contributed by atoms with E-state index in [0.717, 1.165) is 15.6 Å². The summed E-state index contributed by atoms with van der Waals surface area (Å²) < 4.78 is 6.78. The van der Waals surface area contributed by atoms with Crippen molar-refractivity contribution in [3.63, 3.8) is 0 Å². The van der Waals surface area contributed by atoms with Gasteiger partial charge in [-0.25, -0.2) is 0 Å². The van der Waals surface area contributed by atoms with Crippen LogP contribution in [0.2, 0.25) is 5.02 Å². The second-order valence-electron chi connectivity index (χ2n) is 6.99. The smallest absolute Gasteiger partial charge is 0.266 e. The predicted octanol–water partition coefficient (Wildman–Crippen LogP) is 6.84. The molecule has 31 heavy (non-hydrogen) atoms. The molecule has 156 valence electrons. The molecule has 0 radical (unpaired) electrons. The van der Waals surface area contributed by atoms with Crippen molar-refractivity contribution < 1.29 is 9.53 Å². The van der Waals surface area contributed by atoms with Gasteiger partial charge in [0.2, 0.25) is 0 Å². The van der Waals surface area contributed by atoms with Crippen molar-refractivity contribution in [3.8, 4) is 11.8 Å².